The van der Waals surface area contributed by atoms with E-state index < -0.39 is 0 Å². The van der Waals surface area contributed by atoms with Crippen molar-refractivity contribution in [1.29, 1.82) is 0 Å². The maximum absolute atomic E-state index is 12.0. The summed E-state index contributed by atoms with van der Waals surface area (Å²) >= 11 is 14.9. The van der Waals surface area contributed by atoms with Crippen molar-refractivity contribution in [3.63, 3.8) is 0 Å². The van der Waals surface area contributed by atoms with Crippen LogP contribution in [0.15, 0.2) is 41.0 Å². The minimum atomic E-state index is -0.331. The SMILES string of the molecule is O=C(Nc1cccc(Br)n1)c1ccc(Cl)cc1Cl. The molecule has 0 aliphatic rings. The zero-order valence-corrected chi connectivity index (χ0v) is 12.1. The highest BCUT2D eigenvalue weighted by Gasteiger charge is 2.11. The number of halogens is 3. The molecule has 1 aromatic heterocycles. The van der Waals surface area contributed by atoms with Crippen molar-refractivity contribution in [2.75, 3.05) is 5.32 Å². The molecule has 2 rings (SSSR count). The first-order chi connectivity index (χ1) is 8.56. The van der Waals surface area contributed by atoms with Crippen LogP contribution in [-0.2, 0) is 0 Å². The van der Waals surface area contributed by atoms with Gasteiger partial charge in [0.15, 0.2) is 0 Å². The average molecular weight is 346 g/mol. The monoisotopic (exact) mass is 344 g/mol. The van der Waals surface area contributed by atoms with Crippen LogP contribution >= 0.6 is 39.1 Å². The highest BCUT2D eigenvalue weighted by atomic mass is 79.9. The van der Waals surface area contributed by atoms with Crippen molar-refractivity contribution in [2.45, 2.75) is 0 Å². The van der Waals surface area contributed by atoms with Crippen LogP contribution in [-0.4, -0.2) is 10.9 Å². The minimum Gasteiger partial charge on any atom is -0.306 e. The molecule has 0 fully saturated rings. The standard InChI is InChI=1S/C12H7BrCl2N2O/c13-10-2-1-3-11(16-10)17-12(18)8-5-4-7(14)6-9(8)15/h1-6H,(H,16,17,18). The van der Waals surface area contributed by atoms with Crippen molar-refractivity contribution < 1.29 is 4.79 Å². The predicted octanol–water partition coefficient (Wildman–Crippen LogP) is 4.40. The summed E-state index contributed by atoms with van der Waals surface area (Å²) in [6.07, 6.45) is 0. The topological polar surface area (TPSA) is 42.0 Å². The second kappa shape index (κ2) is 5.69. The van der Waals surface area contributed by atoms with Crippen LogP contribution in [0.5, 0.6) is 0 Å². The largest absolute Gasteiger partial charge is 0.306 e. The van der Waals surface area contributed by atoms with Crippen LogP contribution in [0.2, 0.25) is 10.0 Å². The molecule has 0 saturated heterocycles. The number of hydrogen-bond acceptors (Lipinski definition) is 2. The molecule has 0 radical (unpaired) electrons. The molecule has 0 unspecified atom stereocenters. The Morgan fingerprint density at radius 3 is 2.67 bits per heavy atom. The van der Waals surface area contributed by atoms with Gasteiger partial charge >= 0.3 is 0 Å². The highest BCUT2D eigenvalue weighted by molar-refractivity contribution is 9.10. The van der Waals surface area contributed by atoms with E-state index in [0.29, 0.717) is 26.0 Å². The lowest BCUT2D eigenvalue weighted by Gasteiger charge is -2.06. The molecule has 0 atom stereocenters. The van der Waals surface area contributed by atoms with Crippen molar-refractivity contribution in [3.05, 3.63) is 56.6 Å². The molecular formula is C12H7BrCl2N2O. The van der Waals surface area contributed by atoms with Gasteiger partial charge in [0.1, 0.15) is 10.4 Å². The molecular weight excluding hydrogens is 339 g/mol. The van der Waals surface area contributed by atoms with E-state index in [9.17, 15) is 4.79 Å². The summed E-state index contributed by atoms with van der Waals surface area (Å²) in [7, 11) is 0. The Hall–Kier alpha value is -1.10. The lowest BCUT2D eigenvalue weighted by molar-refractivity contribution is 0.102. The average Bonchev–Trinajstić information content (AvgIpc) is 2.28. The molecule has 1 aromatic carbocycles. The summed E-state index contributed by atoms with van der Waals surface area (Å²) in [5.74, 6) is 0.114. The number of anilines is 1. The third-order valence-electron chi connectivity index (χ3n) is 2.13. The van der Waals surface area contributed by atoms with Crippen LogP contribution in [0.1, 0.15) is 10.4 Å². The Morgan fingerprint density at radius 1 is 1.22 bits per heavy atom. The van der Waals surface area contributed by atoms with Gasteiger partial charge in [0, 0.05) is 5.02 Å². The fourth-order valence-electron chi connectivity index (χ4n) is 1.34. The van der Waals surface area contributed by atoms with Gasteiger partial charge in [-0.15, -0.1) is 0 Å². The van der Waals surface area contributed by atoms with E-state index in [1.54, 1.807) is 30.3 Å². The number of nitrogens with one attached hydrogen (secondary N) is 1. The zero-order valence-electron chi connectivity index (χ0n) is 8.95. The van der Waals surface area contributed by atoms with Gasteiger partial charge in [-0.1, -0.05) is 29.3 Å². The number of aromatic nitrogens is 1. The lowest BCUT2D eigenvalue weighted by atomic mass is 10.2. The van der Waals surface area contributed by atoms with Crippen molar-refractivity contribution in [2.24, 2.45) is 0 Å². The van der Waals surface area contributed by atoms with E-state index in [0.717, 1.165) is 0 Å². The van der Waals surface area contributed by atoms with Crippen molar-refractivity contribution in [3.8, 4) is 0 Å². The third-order valence-corrected chi connectivity index (χ3v) is 3.12. The molecule has 1 heterocycles. The summed E-state index contributed by atoms with van der Waals surface area (Å²) < 4.78 is 0.641. The molecule has 0 aliphatic heterocycles. The molecule has 3 nitrogen and oxygen atoms in total. The van der Waals surface area contributed by atoms with Gasteiger partial charge in [0.2, 0.25) is 0 Å². The molecule has 6 heteroatoms. The number of carbonyl (C=O) groups is 1. The van der Waals surface area contributed by atoms with Crippen LogP contribution in [0.25, 0.3) is 0 Å². The first kappa shape index (κ1) is 13.3. The Bertz CT molecular complexity index is 604. The second-order valence-electron chi connectivity index (χ2n) is 3.42. The van der Waals surface area contributed by atoms with Crippen molar-refractivity contribution in [1.82, 2.24) is 4.98 Å². The summed E-state index contributed by atoms with van der Waals surface area (Å²) in [6, 6.07) is 9.93. The molecule has 0 aliphatic carbocycles. The zero-order chi connectivity index (χ0) is 13.1. The van der Waals surface area contributed by atoms with Gasteiger partial charge in [0.05, 0.1) is 10.6 Å². The minimum absolute atomic E-state index is 0.301. The second-order valence-corrected chi connectivity index (χ2v) is 5.08. The van der Waals surface area contributed by atoms with Crippen LogP contribution in [0.4, 0.5) is 5.82 Å². The summed E-state index contributed by atoms with van der Waals surface area (Å²) in [4.78, 5) is 16.1. The molecule has 1 amide bonds. The Labute approximate surface area is 122 Å². The Balaban J connectivity index is 2.22. The van der Waals surface area contributed by atoms with E-state index in [2.05, 4.69) is 26.2 Å². The maximum atomic E-state index is 12.0. The number of pyridine rings is 1. The number of benzene rings is 1. The van der Waals surface area contributed by atoms with Gasteiger partial charge in [-0.3, -0.25) is 4.79 Å². The van der Waals surface area contributed by atoms with Gasteiger partial charge < -0.3 is 5.32 Å². The van der Waals surface area contributed by atoms with E-state index >= 15 is 0 Å². The highest BCUT2D eigenvalue weighted by Crippen LogP contribution is 2.22. The van der Waals surface area contributed by atoms with Crippen molar-refractivity contribution >= 4 is 50.9 Å². The lowest BCUT2D eigenvalue weighted by Crippen LogP contribution is -2.13. The van der Waals surface area contributed by atoms with Gasteiger partial charge in [0.25, 0.3) is 5.91 Å². The van der Waals surface area contributed by atoms with Crippen LogP contribution in [0.3, 0.4) is 0 Å². The van der Waals surface area contributed by atoms with Gasteiger partial charge in [-0.25, -0.2) is 4.98 Å². The fourth-order valence-corrected chi connectivity index (χ4v) is 2.17. The van der Waals surface area contributed by atoms with E-state index in [4.69, 9.17) is 23.2 Å². The predicted molar refractivity (Wildman–Crippen MR) is 76.4 cm³/mol. The molecule has 18 heavy (non-hydrogen) atoms. The maximum Gasteiger partial charge on any atom is 0.258 e. The number of rotatable bonds is 2. The molecule has 0 bridgehead atoms. The smallest absolute Gasteiger partial charge is 0.258 e. The summed E-state index contributed by atoms with van der Waals surface area (Å²) in [6.45, 7) is 0. The number of carbonyl (C=O) groups excluding carboxylic acids is 1. The Kier molecular flexibility index (Phi) is 4.22. The molecule has 92 valence electrons. The molecule has 0 spiro atoms. The first-order valence-electron chi connectivity index (χ1n) is 4.95. The van der Waals surface area contributed by atoms with E-state index in [1.807, 2.05) is 0 Å². The first-order valence-corrected chi connectivity index (χ1v) is 6.50. The molecule has 0 saturated carbocycles. The summed E-state index contributed by atoms with van der Waals surface area (Å²) in [5.41, 5.74) is 0.350. The van der Waals surface area contributed by atoms with Gasteiger partial charge in [-0.2, -0.15) is 0 Å². The van der Waals surface area contributed by atoms with Crippen LogP contribution in [0, 0.1) is 0 Å². The van der Waals surface area contributed by atoms with E-state index in [1.165, 1.54) is 6.07 Å². The summed E-state index contributed by atoms with van der Waals surface area (Å²) in [5, 5.41) is 3.44. The van der Waals surface area contributed by atoms with Crippen LogP contribution < -0.4 is 5.32 Å². The van der Waals surface area contributed by atoms with E-state index in [-0.39, 0.29) is 5.91 Å². The molecule has 2 aromatic rings. The number of nitrogens with zero attached hydrogens (tertiary/aromatic N) is 1. The molecule has 1 N–H and O–H groups in total. The quantitative estimate of drug-likeness (QED) is 0.819. The number of amides is 1. The third kappa shape index (κ3) is 3.22. The number of hydrogen-bond donors (Lipinski definition) is 1. The van der Waals surface area contributed by atoms with Gasteiger partial charge in [-0.05, 0) is 46.3 Å². The normalized spacial score (nSPS) is 10.2. The fraction of sp³-hybridized carbons (Fsp3) is 0. The Morgan fingerprint density at radius 2 is 2.00 bits per heavy atom.